The van der Waals surface area contributed by atoms with Crippen molar-refractivity contribution < 1.29 is 0 Å². The number of hydrogen-bond acceptors (Lipinski definition) is 3. The van der Waals surface area contributed by atoms with E-state index in [1.54, 1.807) is 0 Å². The standard InChI is InChI=1S/C10H15ClN2S/c11-10-5-3-1-2-4-8(10)6-9-7-14-13-12-9/h7-8,10H,1-6H2. The van der Waals surface area contributed by atoms with Crippen LogP contribution in [0.1, 0.15) is 37.8 Å². The first-order chi connectivity index (χ1) is 6.86. The molecule has 78 valence electrons. The summed E-state index contributed by atoms with van der Waals surface area (Å²) >= 11 is 7.79. The van der Waals surface area contributed by atoms with E-state index in [1.807, 2.05) is 5.38 Å². The summed E-state index contributed by atoms with van der Waals surface area (Å²) in [6.45, 7) is 0. The number of hydrogen-bond donors (Lipinski definition) is 0. The third-order valence-corrected chi connectivity index (χ3v) is 4.07. The molecule has 1 aliphatic rings. The second kappa shape index (κ2) is 5.08. The Morgan fingerprint density at radius 2 is 2.21 bits per heavy atom. The Morgan fingerprint density at radius 3 is 3.00 bits per heavy atom. The average Bonchev–Trinajstić information content (AvgIpc) is 2.60. The van der Waals surface area contributed by atoms with Crippen molar-refractivity contribution in [3.63, 3.8) is 0 Å². The van der Waals surface area contributed by atoms with Gasteiger partial charge in [-0.25, -0.2) is 0 Å². The maximum absolute atomic E-state index is 6.36. The van der Waals surface area contributed by atoms with E-state index >= 15 is 0 Å². The van der Waals surface area contributed by atoms with Gasteiger partial charge >= 0.3 is 0 Å². The van der Waals surface area contributed by atoms with E-state index in [0.29, 0.717) is 11.3 Å². The Balaban J connectivity index is 1.94. The Bertz CT molecular complexity index is 263. The van der Waals surface area contributed by atoms with Gasteiger partial charge in [-0.2, -0.15) is 0 Å². The van der Waals surface area contributed by atoms with Crippen LogP contribution in [0.5, 0.6) is 0 Å². The first-order valence-corrected chi connectivity index (χ1v) is 6.53. The third kappa shape index (κ3) is 2.67. The molecule has 2 unspecified atom stereocenters. The van der Waals surface area contributed by atoms with Crippen molar-refractivity contribution in [1.82, 2.24) is 9.59 Å². The molecule has 2 rings (SSSR count). The molecule has 1 heterocycles. The first kappa shape index (κ1) is 10.4. The van der Waals surface area contributed by atoms with Gasteiger partial charge in [-0.15, -0.1) is 16.7 Å². The number of nitrogens with zero attached hydrogens (tertiary/aromatic N) is 2. The molecular formula is C10H15ClN2S. The number of aromatic nitrogens is 2. The summed E-state index contributed by atoms with van der Waals surface area (Å²) in [5, 5.41) is 6.47. The van der Waals surface area contributed by atoms with Gasteiger partial charge in [0.2, 0.25) is 0 Å². The van der Waals surface area contributed by atoms with Crippen LogP contribution in [0.4, 0.5) is 0 Å². The highest BCUT2D eigenvalue weighted by Crippen LogP contribution is 2.29. The summed E-state index contributed by atoms with van der Waals surface area (Å²) in [4.78, 5) is 0. The highest BCUT2D eigenvalue weighted by atomic mass is 35.5. The van der Waals surface area contributed by atoms with E-state index in [9.17, 15) is 0 Å². The lowest BCUT2D eigenvalue weighted by atomic mass is 9.95. The minimum atomic E-state index is 0.346. The largest absolute Gasteiger partial charge is 0.143 e. The van der Waals surface area contributed by atoms with Crippen LogP contribution in [0, 0.1) is 5.92 Å². The van der Waals surface area contributed by atoms with Gasteiger partial charge in [0.1, 0.15) is 0 Å². The van der Waals surface area contributed by atoms with Gasteiger partial charge in [-0.1, -0.05) is 23.8 Å². The molecule has 0 N–H and O–H groups in total. The monoisotopic (exact) mass is 230 g/mol. The molecule has 0 amide bonds. The Kier molecular flexibility index (Phi) is 3.76. The minimum absolute atomic E-state index is 0.346. The molecule has 2 atom stereocenters. The predicted octanol–water partition coefficient (Wildman–Crippen LogP) is 3.27. The SMILES string of the molecule is ClC1CCCCCC1Cc1csnn1. The summed E-state index contributed by atoms with van der Waals surface area (Å²) in [5.41, 5.74) is 1.12. The summed E-state index contributed by atoms with van der Waals surface area (Å²) in [7, 11) is 0. The summed E-state index contributed by atoms with van der Waals surface area (Å²) in [6.07, 6.45) is 7.40. The fourth-order valence-electron chi connectivity index (χ4n) is 2.11. The summed E-state index contributed by atoms with van der Waals surface area (Å²) < 4.78 is 3.88. The first-order valence-electron chi connectivity index (χ1n) is 5.26. The van der Waals surface area contributed by atoms with Crippen molar-refractivity contribution in [1.29, 1.82) is 0 Å². The molecule has 1 fully saturated rings. The van der Waals surface area contributed by atoms with Crippen molar-refractivity contribution in [2.24, 2.45) is 5.92 Å². The molecule has 1 saturated carbocycles. The van der Waals surface area contributed by atoms with Crippen molar-refractivity contribution in [2.75, 3.05) is 0 Å². The van der Waals surface area contributed by atoms with E-state index in [4.69, 9.17) is 11.6 Å². The highest BCUT2D eigenvalue weighted by Gasteiger charge is 2.22. The molecule has 1 aromatic rings. The maximum atomic E-state index is 6.36. The van der Waals surface area contributed by atoms with Crippen LogP contribution in [0.15, 0.2) is 5.38 Å². The second-order valence-electron chi connectivity index (χ2n) is 4.01. The molecule has 0 aromatic carbocycles. The van der Waals surface area contributed by atoms with Gasteiger partial charge in [0, 0.05) is 10.8 Å². The quantitative estimate of drug-likeness (QED) is 0.576. The van der Waals surface area contributed by atoms with Gasteiger partial charge in [-0.3, -0.25) is 0 Å². The lowest BCUT2D eigenvalue weighted by molar-refractivity contribution is 0.460. The number of rotatable bonds is 2. The van der Waals surface area contributed by atoms with E-state index in [2.05, 4.69) is 9.59 Å². The number of alkyl halides is 1. The maximum Gasteiger partial charge on any atom is 0.0758 e. The van der Waals surface area contributed by atoms with Crippen LogP contribution in [0.3, 0.4) is 0 Å². The second-order valence-corrected chi connectivity index (χ2v) is 5.18. The van der Waals surface area contributed by atoms with Gasteiger partial charge in [0.15, 0.2) is 0 Å². The van der Waals surface area contributed by atoms with Crippen LogP contribution in [-0.2, 0) is 6.42 Å². The molecule has 0 bridgehead atoms. The topological polar surface area (TPSA) is 25.8 Å². The van der Waals surface area contributed by atoms with Crippen LogP contribution in [0.25, 0.3) is 0 Å². The number of halogens is 1. The normalized spacial score (nSPS) is 28.6. The zero-order chi connectivity index (χ0) is 9.80. The van der Waals surface area contributed by atoms with E-state index in [1.165, 1.54) is 43.6 Å². The van der Waals surface area contributed by atoms with Crippen molar-refractivity contribution in [3.05, 3.63) is 11.1 Å². The molecule has 14 heavy (non-hydrogen) atoms. The molecule has 0 saturated heterocycles. The van der Waals surface area contributed by atoms with Crippen LogP contribution >= 0.6 is 23.1 Å². The fourth-order valence-corrected chi connectivity index (χ4v) is 2.94. The van der Waals surface area contributed by atoms with Crippen LogP contribution in [-0.4, -0.2) is 15.0 Å². The predicted molar refractivity (Wildman–Crippen MR) is 59.8 cm³/mol. The molecule has 4 heteroatoms. The van der Waals surface area contributed by atoms with Gasteiger partial charge < -0.3 is 0 Å². The molecule has 2 nitrogen and oxygen atoms in total. The molecule has 0 spiro atoms. The van der Waals surface area contributed by atoms with Crippen molar-refractivity contribution >= 4 is 23.1 Å². The van der Waals surface area contributed by atoms with Gasteiger partial charge in [0.05, 0.1) is 5.69 Å². The van der Waals surface area contributed by atoms with Crippen LogP contribution in [0.2, 0.25) is 0 Å². The summed E-state index contributed by atoms with van der Waals surface area (Å²) in [6, 6.07) is 0. The lowest BCUT2D eigenvalue weighted by Crippen LogP contribution is -2.16. The summed E-state index contributed by atoms with van der Waals surface area (Å²) in [5.74, 6) is 0.614. The van der Waals surface area contributed by atoms with E-state index in [0.717, 1.165) is 12.1 Å². The molecule has 0 aliphatic heterocycles. The smallest absolute Gasteiger partial charge is 0.0758 e. The fraction of sp³-hybridized carbons (Fsp3) is 0.800. The van der Waals surface area contributed by atoms with Crippen LogP contribution < -0.4 is 0 Å². The molecule has 0 radical (unpaired) electrons. The van der Waals surface area contributed by atoms with E-state index in [-0.39, 0.29) is 0 Å². The molecular weight excluding hydrogens is 216 g/mol. The minimum Gasteiger partial charge on any atom is -0.143 e. The molecule has 1 aliphatic carbocycles. The van der Waals surface area contributed by atoms with Gasteiger partial charge in [0.25, 0.3) is 0 Å². The van der Waals surface area contributed by atoms with Crippen molar-refractivity contribution in [3.8, 4) is 0 Å². The average molecular weight is 231 g/mol. The Hall–Kier alpha value is -0.150. The zero-order valence-electron chi connectivity index (χ0n) is 8.16. The lowest BCUT2D eigenvalue weighted by Gasteiger charge is -2.17. The van der Waals surface area contributed by atoms with Crippen molar-refractivity contribution in [2.45, 2.75) is 43.9 Å². The Morgan fingerprint density at radius 1 is 1.36 bits per heavy atom. The van der Waals surface area contributed by atoms with Gasteiger partial charge in [-0.05, 0) is 36.7 Å². The highest BCUT2D eigenvalue weighted by molar-refractivity contribution is 7.03. The van der Waals surface area contributed by atoms with E-state index < -0.39 is 0 Å². The third-order valence-electron chi connectivity index (χ3n) is 2.94. The Labute approximate surface area is 93.8 Å². The zero-order valence-corrected chi connectivity index (χ0v) is 9.73. The molecule has 1 aromatic heterocycles.